The maximum atomic E-state index is 9.15. The van der Waals surface area contributed by atoms with E-state index in [1.807, 2.05) is 67.6 Å². The highest BCUT2D eigenvalue weighted by molar-refractivity contribution is 5.49. The Kier molecular flexibility index (Phi) is 4.53. The Hall–Kier alpha value is -2.93. The van der Waals surface area contributed by atoms with Gasteiger partial charge in [0.25, 0.3) is 0 Å². The van der Waals surface area contributed by atoms with Crippen LogP contribution in [0.3, 0.4) is 0 Å². The summed E-state index contributed by atoms with van der Waals surface area (Å²) in [6, 6.07) is 30.5. The van der Waals surface area contributed by atoms with Crippen molar-refractivity contribution in [1.29, 1.82) is 5.26 Å². The van der Waals surface area contributed by atoms with E-state index in [0.29, 0.717) is 18.8 Å². The number of nitriles is 1. The average molecular weight is 355 g/mol. The predicted octanol–water partition coefficient (Wildman–Crippen LogP) is 4.76. The zero-order chi connectivity index (χ0) is 18.7. The summed E-state index contributed by atoms with van der Waals surface area (Å²) in [5.74, 6) is -0.932. The minimum absolute atomic E-state index is 0.459. The first kappa shape index (κ1) is 17.5. The fourth-order valence-corrected chi connectivity index (χ4v) is 4.05. The van der Waals surface area contributed by atoms with Crippen LogP contribution in [0.5, 0.6) is 0 Å². The molecule has 1 aliphatic rings. The van der Waals surface area contributed by atoms with Crippen molar-refractivity contribution < 1.29 is 9.47 Å². The number of benzene rings is 3. The molecule has 3 nitrogen and oxygen atoms in total. The third-order valence-corrected chi connectivity index (χ3v) is 5.33. The van der Waals surface area contributed by atoms with Crippen molar-refractivity contribution in [3.05, 3.63) is 107 Å². The van der Waals surface area contributed by atoms with Gasteiger partial charge in [-0.15, -0.1) is 0 Å². The van der Waals surface area contributed by atoms with Crippen molar-refractivity contribution in [2.45, 2.75) is 18.1 Å². The SMILES string of the molecule is CCO[C@@]1(c2ccc(C#N)cc2)OCC1(c1ccccc1)c1ccccc1. The Morgan fingerprint density at radius 1 is 0.852 bits per heavy atom. The van der Waals surface area contributed by atoms with Crippen LogP contribution >= 0.6 is 0 Å². The molecule has 0 aliphatic carbocycles. The molecule has 0 radical (unpaired) electrons. The highest BCUT2D eigenvalue weighted by atomic mass is 16.7. The summed E-state index contributed by atoms with van der Waals surface area (Å²) in [5, 5.41) is 9.15. The Bertz CT molecular complexity index is 906. The van der Waals surface area contributed by atoms with Gasteiger partial charge in [0.2, 0.25) is 5.79 Å². The lowest BCUT2D eigenvalue weighted by molar-refractivity contribution is -0.361. The van der Waals surface area contributed by atoms with Crippen LogP contribution < -0.4 is 0 Å². The first-order valence-electron chi connectivity index (χ1n) is 9.16. The fraction of sp³-hybridized carbons (Fsp3) is 0.208. The summed E-state index contributed by atoms with van der Waals surface area (Å²) in [5.41, 5.74) is 3.39. The van der Waals surface area contributed by atoms with Crippen LogP contribution in [0.2, 0.25) is 0 Å². The average Bonchev–Trinajstić information content (AvgIpc) is 2.73. The molecule has 1 fully saturated rings. The van der Waals surface area contributed by atoms with Gasteiger partial charge in [-0.1, -0.05) is 72.8 Å². The van der Waals surface area contributed by atoms with E-state index >= 15 is 0 Å². The summed E-state index contributed by atoms with van der Waals surface area (Å²) < 4.78 is 12.6. The number of hydrogen-bond donors (Lipinski definition) is 0. The van der Waals surface area contributed by atoms with Crippen molar-refractivity contribution in [2.24, 2.45) is 0 Å². The maximum absolute atomic E-state index is 9.15. The van der Waals surface area contributed by atoms with Gasteiger partial charge in [0.1, 0.15) is 5.41 Å². The lowest BCUT2D eigenvalue weighted by Gasteiger charge is -2.58. The second-order valence-corrected chi connectivity index (χ2v) is 6.66. The van der Waals surface area contributed by atoms with E-state index in [1.54, 1.807) is 0 Å². The van der Waals surface area contributed by atoms with Gasteiger partial charge in [0.15, 0.2) is 0 Å². The summed E-state index contributed by atoms with van der Waals surface area (Å²) >= 11 is 0. The molecule has 4 rings (SSSR count). The van der Waals surface area contributed by atoms with Crippen molar-refractivity contribution in [3.8, 4) is 6.07 Å². The van der Waals surface area contributed by atoms with Gasteiger partial charge in [-0.3, -0.25) is 0 Å². The Labute approximate surface area is 159 Å². The Morgan fingerprint density at radius 3 is 1.81 bits per heavy atom. The Morgan fingerprint density at radius 2 is 1.41 bits per heavy atom. The molecule has 1 saturated heterocycles. The number of rotatable bonds is 5. The zero-order valence-corrected chi connectivity index (χ0v) is 15.3. The third kappa shape index (κ3) is 2.57. The van der Waals surface area contributed by atoms with E-state index in [2.05, 4.69) is 30.3 Å². The fourth-order valence-electron chi connectivity index (χ4n) is 4.05. The van der Waals surface area contributed by atoms with Crippen LogP contribution in [0.4, 0.5) is 0 Å². The van der Waals surface area contributed by atoms with Gasteiger partial charge >= 0.3 is 0 Å². The van der Waals surface area contributed by atoms with E-state index in [1.165, 1.54) is 0 Å². The summed E-state index contributed by atoms with van der Waals surface area (Å²) in [4.78, 5) is 0. The molecule has 0 saturated carbocycles. The monoisotopic (exact) mass is 355 g/mol. The molecule has 0 unspecified atom stereocenters. The molecule has 27 heavy (non-hydrogen) atoms. The summed E-state index contributed by atoms with van der Waals surface area (Å²) in [6.07, 6.45) is 0. The van der Waals surface area contributed by atoms with E-state index in [9.17, 15) is 0 Å². The third-order valence-electron chi connectivity index (χ3n) is 5.33. The minimum Gasteiger partial charge on any atom is -0.345 e. The van der Waals surface area contributed by atoms with Gasteiger partial charge in [-0.2, -0.15) is 5.26 Å². The van der Waals surface area contributed by atoms with E-state index in [4.69, 9.17) is 14.7 Å². The molecule has 134 valence electrons. The Balaban J connectivity index is 1.95. The van der Waals surface area contributed by atoms with Gasteiger partial charge in [-0.25, -0.2) is 0 Å². The summed E-state index contributed by atoms with van der Waals surface area (Å²) in [7, 11) is 0. The second-order valence-electron chi connectivity index (χ2n) is 6.66. The van der Waals surface area contributed by atoms with Crippen LogP contribution in [0.1, 0.15) is 29.2 Å². The lowest BCUT2D eigenvalue weighted by atomic mass is 9.63. The highest BCUT2D eigenvalue weighted by Crippen LogP contribution is 2.58. The quantitative estimate of drug-likeness (QED) is 0.662. The van der Waals surface area contributed by atoms with E-state index in [0.717, 1.165) is 16.7 Å². The van der Waals surface area contributed by atoms with Gasteiger partial charge in [0, 0.05) is 12.2 Å². The first-order chi connectivity index (χ1) is 13.3. The normalized spacial score (nSPS) is 20.4. The highest BCUT2D eigenvalue weighted by Gasteiger charge is 2.65. The number of hydrogen-bond acceptors (Lipinski definition) is 3. The molecule has 3 aromatic carbocycles. The molecule has 1 atom stereocenters. The topological polar surface area (TPSA) is 42.2 Å². The molecule has 0 bridgehead atoms. The minimum atomic E-state index is -0.932. The number of ether oxygens (including phenoxy) is 2. The van der Waals surface area contributed by atoms with Crippen molar-refractivity contribution in [1.82, 2.24) is 0 Å². The van der Waals surface area contributed by atoms with E-state index < -0.39 is 11.2 Å². The van der Waals surface area contributed by atoms with Crippen molar-refractivity contribution in [3.63, 3.8) is 0 Å². The molecule has 1 aliphatic heterocycles. The molecular weight excluding hydrogens is 334 g/mol. The molecule has 0 N–H and O–H groups in total. The molecule has 3 heteroatoms. The largest absolute Gasteiger partial charge is 0.345 e. The van der Waals surface area contributed by atoms with Gasteiger partial charge in [-0.05, 0) is 30.2 Å². The first-order valence-corrected chi connectivity index (χ1v) is 9.16. The molecule has 3 aromatic rings. The zero-order valence-electron chi connectivity index (χ0n) is 15.3. The summed E-state index contributed by atoms with van der Waals surface area (Å²) in [6.45, 7) is 3.02. The van der Waals surface area contributed by atoms with Crippen molar-refractivity contribution >= 4 is 0 Å². The van der Waals surface area contributed by atoms with Crippen LogP contribution in [-0.2, 0) is 20.7 Å². The molecule has 0 aromatic heterocycles. The van der Waals surface area contributed by atoms with Crippen LogP contribution in [0, 0.1) is 11.3 Å². The van der Waals surface area contributed by atoms with Crippen LogP contribution in [-0.4, -0.2) is 13.2 Å². The molecule has 0 spiro atoms. The predicted molar refractivity (Wildman–Crippen MR) is 104 cm³/mol. The van der Waals surface area contributed by atoms with Gasteiger partial charge < -0.3 is 9.47 Å². The molecule has 1 heterocycles. The molecular formula is C24H21NO2. The number of nitrogens with zero attached hydrogens (tertiary/aromatic N) is 1. The second kappa shape index (κ2) is 7.00. The molecule has 0 amide bonds. The lowest BCUT2D eigenvalue weighted by Crippen LogP contribution is -2.65. The van der Waals surface area contributed by atoms with Gasteiger partial charge in [0.05, 0.1) is 18.2 Å². The smallest absolute Gasteiger partial charge is 0.211 e. The van der Waals surface area contributed by atoms with Crippen LogP contribution in [0.25, 0.3) is 0 Å². The standard InChI is InChI=1S/C24H21NO2/c1-2-26-24(22-15-13-19(17-25)14-16-22)23(18-27-24,20-9-5-3-6-10-20)21-11-7-4-8-12-21/h3-16H,2,18H2,1H3/t24-/m0/s1. The van der Waals surface area contributed by atoms with Crippen molar-refractivity contribution in [2.75, 3.05) is 13.2 Å². The van der Waals surface area contributed by atoms with Crippen LogP contribution in [0.15, 0.2) is 84.9 Å². The van der Waals surface area contributed by atoms with E-state index in [-0.39, 0.29) is 0 Å². The maximum Gasteiger partial charge on any atom is 0.211 e.